The van der Waals surface area contributed by atoms with Gasteiger partial charge in [0.2, 0.25) is 5.78 Å². The number of halogens is 3. The van der Waals surface area contributed by atoms with Gasteiger partial charge in [-0.2, -0.15) is 25.3 Å². The van der Waals surface area contributed by atoms with Crippen LogP contribution in [0.5, 0.6) is 0 Å². The molecule has 18 heavy (non-hydrogen) atoms. The zero-order chi connectivity index (χ0) is 14.5. The molecule has 0 heterocycles. The predicted molar refractivity (Wildman–Crippen MR) is 44.2 cm³/mol. The Morgan fingerprint density at radius 2 is 1.22 bits per heavy atom. The van der Waals surface area contributed by atoms with E-state index in [2.05, 4.69) is 20.0 Å². The Labute approximate surface area is 111 Å². The van der Waals surface area contributed by atoms with Crippen LogP contribution in [0.2, 0.25) is 0 Å². The van der Waals surface area contributed by atoms with Crippen molar-refractivity contribution in [2.24, 2.45) is 0 Å². The number of rotatable bonds is 1. The van der Waals surface area contributed by atoms with E-state index >= 15 is 0 Å². The second kappa shape index (κ2) is 15.5. The van der Waals surface area contributed by atoms with Crippen LogP contribution >= 0.6 is 0 Å². The maximum Gasteiger partial charge on any atom is 0 e. The summed E-state index contributed by atoms with van der Waals surface area (Å²) >= 11 is 0. The van der Waals surface area contributed by atoms with Crippen LogP contribution < -0.4 is 0 Å². The molecule has 0 unspecified atom stereocenters. The van der Waals surface area contributed by atoms with E-state index in [0.717, 1.165) is 12.1 Å². The fraction of sp³-hybridized carbons (Fsp3) is 0.100. The van der Waals surface area contributed by atoms with Crippen molar-refractivity contribution in [3.8, 4) is 0 Å². The van der Waals surface area contributed by atoms with E-state index in [1.165, 1.54) is 12.1 Å². The molecule has 1 aromatic rings. The third kappa shape index (κ3) is 11.0. The summed E-state index contributed by atoms with van der Waals surface area (Å²) in [5.41, 5.74) is -0.308. The fourth-order valence-corrected chi connectivity index (χ4v) is 0.689. The molecule has 0 fully saturated rings. The van der Waals surface area contributed by atoms with Crippen molar-refractivity contribution < 1.29 is 49.0 Å². The zero-order valence-electron chi connectivity index (χ0n) is 8.45. The van der Waals surface area contributed by atoms with E-state index in [9.17, 15) is 18.0 Å². The van der Waals surface area contributed by atoms with E-state index in [0.29, 0.717) is 0 Å². The first-order chi connectivity index (χ1) is 8.02. The molecule has 97 valence electrons. The van der Waals surface area contributed by atoms with Crippen molar-refractivity contribution in [1.29, 1.82) is 0 Å². The van der Waals surface area contributed by atoms with Gasteiger partial charge in [0.05, 0.1) is 0 Å². The van der Waals surface area contributed by atoms with Gasteiger partial charge in [-0.15, -0.1) is 0 Å². The minimum Gasteiger partial charge on any atom is 0 e. The third-order valence-corrected chi connectivity index (χ3v) is 1.18. The van der Waals surface area contributed by atoms with E-state index in [1.54, 1.807) is 0 Å². The summed E-state index contributed by atoms with van der Waals surface area (Å²) in [6.45, 7) is 13.5. The molecule has 0 aliphatic heterocycles. The molecule has 0 N–H and O–H groups in total. The second-order valence-corrected chi connectivity index (χ2v) is 2.00. The summed E-state index contributed by atoms with van der Waals surface area (Å²) in [7, 11) is 0. The van der Waals surface area contributed by atoms with Gasteiger partial charge in [-0.1, -0.05) is 5.56 Å². The van der Waals surface area contributed by atoms with E-state index in [-0.39, 0.29) is 22.6 Å². The van der Waals surface area contributed by atoms with Crippen LogP contribution in [0.25, 0.3) is 0 Å². The number of ketones is 1. The van der Waals surface area contributed by atoms with Crippen molar-refractivity contribution in [2.75, 3.05) is 0 Å². The molecular formula is C10H4F3MnO4-. The van der Waals surface area contributed by atoms with Gasteiger partial charge in [-0.05, 0) is 0 Å². The van der Waals surface area contributed by atoms with Crippen molar-refractivity contribution >= 4 is 5.78 Å². The number of hydrogen-bond acceptors (Lipinski definition) is 1. The molecule has 0 aliphatic carbocycles. The average molecular weight is 300 g/mol. The Hall–Kier alpha value is -1.45. The van der Waals surface area contributed by atoms with Gasteiger partial charge >= 0.3 is 40.1 Å². The molecule has 1 rings (SSSR count). The van der Waals surface area contributed by atoms with Crippen molar-refractivity contribution in [1.82, 2.24) is 0 Å². The molecule has 0 atom stereocenters. The number of alkyl halides is 3. The molecule has 1 aromatic carbocycles. The molecule has 0 bridgehead atoms. The van der Waals surface area contributed by atoms with Crippen molar-refractivity contribution in [3.05, 3.63) is 49.8 Å². The Morgan fingerprint density at radius 3 is 1.44 bits per heavy atom. The van der Waals surface area contributed by atoms with Gasteiger partial charge in [-0.3, -0.25) is 4.79 Å². The number of carbonyl (C=O) groups is 1. The van der Waals surface area contributed by atoms with Gasteiger partial charge in [0, 0.05) is 17.1 Å². The zero-order valence-corrected chi connectivity index (χ0v) is 9.63. The first-order valence-electron chi connectivity index (χ1n) is 3.46. The van der Waals surface area contributed by atoms with Gasteiger partial charge in [-0.25, -0.2) is 12.1 Å². The summed E-state index contributed by atoms with van der Waals surface area (Å²) in [6.07, 6.45) is -4.76. The average Bonchev–Trinajstić information content (AvgIpc) is 2.88. The van der Waals surface area contributed by atoms with Crippen LogP contribution in [0.4, 0.5) is 13.2 Å². The molecule has 8 heteroatoms. The van der Waals surface area contributed by atoms with Gasteiger partial charge in [0.15, 0.2) is 0 Å². The van der Waals surface area contributed by atoms with Crippen molar-refractivity contribution in [2.45, 2.75) is 6.18 Å². The minimum atomic E-state index is -4.76. The first kappa shape index (κ1) is 25.4. The summed E-state index contributed by atoms with van der Waals surface area (Å²) in [5, 5.41) is 0. The van der Waals surface area contributed by atoms with Gasteiger partial charge in [0.1, 0.15) is 0 Å². The molecular weight excluding hydrogens is 296 g/mol. The van der Waals surface area contributed by atoms with E-state index in [4.69, 9.17) is 14.0 Å². The maximum absolute atomic E-state index is 11.7. The molecule has 0 spiro atoms. The quantitative estimate of drug-likeness (QED) is 0.338. The normalized spacial score (nSPS) is 7.39. The van der Waals surface area contributed by atoms with E-state index in [1.807, 2.05) is 0 Å². The number of Topliss-reactive ketones (excluding diaryl/α,β-unsaturated/α-hetero) is 1. The van der Waals surface area contributed by atoms with Crippen LogP contribution in [-0.4, -0.2) is 12.0 Å². The fourth-order valence-electron chi connectivity index (χ4n) is 0.689. The molecule has 0 saturated heterocycles. The second-order valence-electron chi connectivity index (χ2n) is 2.00. The van der Waals surface area contributed by atoms with Crippen LogP contribution in [0.3, 0.4) is 0 Å². The molecule has 0 saturated carbocycles. The topological polar surface area (TPSA) is 76.8 Å². The van der Waals surface area contributed by atoms with Crippen molar-refractivity contribution in [3.63, 3.8) is 0 Å². The molecule has 4 nitrogen and oxygen atoms in total. The molecule has 0 aliphatic rings. The van der Waals surface area contributed by atoms with Gasteiger partial charge < -0.3 is 0 Å². The summed E-state index contributed by atoms with van der Waals surface area (Å²) in [4.78, 5) is 10.4. The SMILES string of the molecule is O=C([c-]1cccc1)C(F)(F)F.[C-]#[O+].[C-]#[O+].[C-]#[O+].[Mn]. The van der Waals surface area contributed by atoms with Crippen LogP contribution in [-0.2, 0) is 31.0 Å². The monoisotopic (exact) mass is 300 g/mol. The summed E-state index contributed by atoms with van der Waals surface area (Å²) in [6, 6.07) is 5.05. The Kier molecular flexibility index (Phi) is 21.9. The van der Waals surface area contributed by atoms with E-state index < -0.39 is 12.0 Å². The Morgan fingerprint density at radius 1 is 0.944 bits per heavy atom. The summed E-state index contributed by atoms with van der Waals surface area (Å²) in [5.74, 6) is -1.79. The smallest absolute Gasteiger partial charge is 0 e. The molecule has 0 amide bonds. The number of carbonyl (C=O) groups excluding carboxylic acids is 1. The maximum atomic E-state index is 11.7. The van der Waals surface area contributed by atoms with Crippen LogP contribution in [0, 0.1) is 20.0 Å². The predicted octanol–water partition coefficient (Wildman–Crippen LogP) is 2.04. The Bertz CT molecular complexity index is 348. The molecule has 0 aromatic heterocycles. The third-order valence-electron chi connectivity index (χ3n) is 1.18. The largest absolute Gasteiger partial charge is 0 e. The number of hydrogen-bond donors (Lipinski definition) is 0. The standard InChI is InChI=1S/C7H4F3O.3CO.Mn/c8-7(9,10)6(11)5-3-1-2-4-5;3*1-2;/h1-4H;;;;/q-1;;;;. The van der Waals surface area contributed by atoms with Crippen LogP contribution in [0.1, 0.15) is 10.4 Å². The van der Waals surface area contributed by atoms with Gasteiger partial charge in [0.25, 0.3) is 0 Å². The minimum absolute atomic E-state index is 0. The Balaban J connectivity index is -0.000000123. The molecule has 1 radical (unpaired) electrons. The summed E-state index contributed by atoms with van der Waals surface area (Å²) < 4.78 is 57.5. The first-order valence-corrected chi connectivity index (χ1v) is 3.46. The van der Waals surface area contributed by atoms with Crippen LogP contribution in [0.15, 0.2) is 24.3 Å².